The van der Waals surface area contributed by atoms with Crippen LogP contribution in [0.4, 0.5) is 0 Å². The Morgan fingerprint density at radius 3 is 1.62 bits per heavy atom. The highest BCUT2D eigenvalue weighted by Crippen LogP contribution is 2.32. The fraction of sp³-hybridized carbons (Fsp3) is 0.150. The predicted octanol–water partition coefficient (Wildman–Crippen LogP) is 14.5. The van der Waals surface area contributed by atoms with Crippen LogP contribution in [0.2, 0.25) is 0 Å². The minimum atomic E-state index is 0. The minimum Gasteiger partial charge on any atom is -0.494 e. The van der Waals surface area contributed by atoms with E-state index < -0.39 is 0 Å². The molecule has 346 valence electrons. The van der Waals surface area contributed by atoms with Gasteiger partial charge in [0.2, 0.25) is 0 Å². The lowest BCUT2D eigenvalue weighted by Gasteiger charge is -2.11. The summed E-state index contributed by atoms with van der Waals surface area (Å²) in [6.07, 6.45) is 5.73. The van der Waals surface area contributed by atoms with Crippen LogP contribution >= 0.6 is 0 Å². The third-order valence-corrected chi connectivity index (χ3v) is 11.4. The van der Waals surface area contributed by atoms with E-state index in [1.807, 2.05) is 87.6 Å². The van der Waals surface area contributed by atoms with Gasteiger partial charge >= 0.3 is 0 Å². The van der Waals surface area contributed by atoms with Gasteiger partial charge in [-0.15, -0.1) is 0 Å². The Labute approximate surface area is 405 Å². The van der Waals surface area contributed by atoms with Gasteiger partial charge in [0, 0.05) is 59.3 Å². The van der Waals surface area contributed by atoms with Crippen LogP contribution in [0.5, 0.6) is 17.2 Å². The lowest BCUT2D eigenvalue weighted by atomic mass is 10.1. The zero-order valence-corrected chi connectivity index (χ0v) is 38.6. The first-order chi connectivity index (χ1) is 33.5. The molecule has 6 heterocycles. The molecule has 0 saturated carbocycles. The van der Waals surface area contributed by atoms with Crippen LogP contribution in [-0.2, 0) is 13.1 Å². The van der Waals surface area contributed by atoms with E-state index in [9.17, 15) is 0 Å². The molecule has 0 atom stereocenters. The molecule has 0 radical (unpaired) electrons. The molecule has 9 nitrogen and oxygen atoms in total. The van der Waals surface area contributed by atoms with E-state index >= 15 is 0 Å². The van der Waals surface area contributed by atoms with E-state index in [1.165, 1.54) is 16.8 Å². The summed E-state index contributed by atoms with van der Waals surface area (Å²) in [5.74, 6) is 3.70. The fourth-order valence-electron chi connectivity index (χ4n) is 8.19. The monoisotopic (exact) mass is 910 g/mol. The molecule has 1 N–H and O–H groups in total. The van der Waals surface area contributed by atoms with Gasteiger partial charge in [0.05, 0.1) is 31.2 Å². The molecule has 9 heteroatoms. The van der Waals surface area contributed by atoms with Crippen molar-refractivity contribution in [1.82, 2.24) is 29.1 Å². The fourth-order valence-corrected chi connectivity index (χ4v) is 8.19. The minimum absolute atomic E-state index is 0. The molecular weight excluding hydrogens is 853 g/mol. The van der Waals surface area contributed by atoms with Crippen LogP contribution in [0.1, 0.15) is 39.3 Å². The Bertz CT molecular complexity index is 3220. The average Bonchev–Trinajstić information content (AvgIpc) is 4.13. The normalized spacial score (nSPS) is 10.7. The Morgan fingerprint density at radius 1 is 0.478 bits per heavy atom. The van der Waals surface area contributed by atoms with E-state index in [0.717, 1.165) is 91.9 Å². The molecule has 0 amide bonds. The summed E-state index contributed by atoms with van der Waals surface area (Å²) in [5, 5.41) is 2.28. The second-order valence-electron chi connectivity index (χ2n) is 16.1. The lowest BCUT2D eigenvalue weighted by molar-refractivity contribution is 0.340. The highest BCUT2D eigenvalue weighted by molar-refractivity contribution is 5.85. The van der Waals surface area contributed by atoms with Crippen molar-refractivity contribution in [2.75, 3.05) is 19.8 Å². The van der Waals surface area contributed by atoms with Crippen molar-refractivity contribution >= 4 is 22.1 Å². The zero-order chi connectivity index (χ0) is 46.5. The highest BCUT2D eigenvalue weighted by Gasteiger charge is 2.15. The maximum absolute atomic E-state index is 5.56. The number of hydrogen-bond acceptors (Lipinski definition) is 6. The summed E-state index contributed by atoms with van der Waals surface area (Å²) in [7, 11) is 0. The average molecular weight is 911 g/mol. The van der Waals surface area contributed by atoms with Crippen molar-refractivity contribution in [3.05, 3.63) is 218 Å². The number of benzene rings is 5. The van der Waals surface area contributed by atoms with Crippen LogP contribution in [0.3, 0.4) is 0 Å². The van der Waals surface area contributed by atoms with Gasteiger partial charge in [-0.1, -0.05) is 68.1 Å². The second kappa shape index (κ2) is 22.8. The zero-order valence-electron chi connectivity index (χ0n) is 38.6. The molecule has 0 bridgehead atoms. The third-order valence-electron chi connectivity index (χ3n) is 11.4. The topological polar surface area (TPSA) is 92.0 Å². The molecule has 2 aliphatic heterocycles. The van der Waals surface area contributed by atoms with Crippen LogP contribution in [0, 0.1) is 0 Å². The maximum Gasteiger partial charge on any atom is 0.140 e. The summed E-state index contributed by atoms with van der Waals surface area (Å²) in [6.45, 7) is 9.63. The molecule has 0 aliphatic carbocycles. The quantitative estimate of drug-likeness (QED) is 0.124. The van der Waals surface area contributed by atoms with Gasteiger partial charge in [-0.2, -0.15) is 0 Å². The van der Waals surface area contributed by atoms with E-state index in [1.54, 1.807) is 6.20 Å². The number of hydrogen-bond donors (Lipinski definition) is 1. The number of aromatic nitrogens is 6. The molecule has 0 unspecified atom stereocenters. The van der Waals surface area contributed by atoms with Gasteiger partial charge in [-0.05, 0) is 170 Å². The van der Waals surface area contributed by atoms with Crippen molar-refractivity contribution in [1.29, 1.82) is 0 Å². The molecule has 0 saturated heterocycles. The second-order valence-corrected chi connectivity index (χ2v) is 16.1. The molecular formula is C60H58N6O3. The Hall–Kier alpha value is -8.43. The van der Waals surface area contributed by atoms with Crippen molar-refractivity contribution < 1.29 is 14.2 Å². The summed E-state index contributed by atoms with van der Waals surface area (Å²) in [5.41, 5.74) is 12.3. The number of fused-ring (bicyclic) bond motifs is 3. The Morgan fingerprint density at radius 2 is 1.03 bits per heavy atom. The molecule has 2 aliphatic rings. The third kappa shape index (κ3) is 11.6. The van der Waals surface area contributed by atoms with Gasteiger partial charge in [-0.25, -0.2) is 15.0 Å². The molecule has 9 aromatic rings. The smallest absolute Gasteiger partial charge is 0.140 e. The van der Waals surface area contributed by atoms with Crippen molar-refractivity contribution in [3.8, 4) is 62.4 Å². The van der Waals surface area contributed by atoms with E-state index in [2.05, 4.69) is 158 Å². The van der Waals surface area contributed by atoms with Crippen LogP contribution in [0.25, 0.3) is 67.2 Å². The van der Waals surface area contributed by atoms with Crippen LogP contribution in [-0.4, -0.2) is 48.9 Å². The maximum atomic E-state index is 5.56. The van der Waals surface area contributed by atoms with Crippen LogP contribution in [0.15, 0.2) is 207 Å². The van der Waals surface area contributed by atoms with E-state index in [0.29, 0.717) is 19.8 Å². The van der Waals surface area contributed by atoms with Crippen LogP contribution < -0.4 is 14.2 Å². The number of pyridine rings is 3. The van der Waals surface area contributed by atoms with Gasteiger partial charge in [0.15, 0.2) is 0 Å². The number of aromatic amines is 1. The molecule has 69 heavy (non-hydrogen) atoms. The molecule has 5 aromatic carbocycles. The van der Waals surface area contributed by atoms with Crippen molar-refractivity contribution in [2.45, 2.75) is 41.3 Å². The van der Waals surface area contributed by atoms with Gasteiger partial charge in [0.25, 0.3) is 0 Å². The van der Waals surface area contributed by atoms with Gasteiger partial charge in [0.1, 0.15) is 34.4 Å². The number of nitrogens with one attached hydrogen (secondary N) is 1. The van der Waals surface area contributed by atoms with Crippen molar-refractivity contribution in [2.24, 2.45) is 0 Å². The first-order valence-corrected chi connectivity index (χ1v) is 23.2. The Balaban J connectivity index is 0.000000141. The van der Waals surface area contributed by atoms with Crippen molar-refractivity contribution in [3.63, 3.8) is 0 Å². The highest BCUT2D eigenvalue weighted by atomic mass is 16.5. The summed E-state index contributed by atoms with van der Waals surface area (Å²) < 4.78 is 21.0. The van der Waals surface area contributed by atoms with E-state index in [4.69, 9.17) is 19.2 Å². The number of ether oxygens (including phenoxy) is 3. The van der Waals surface area contributed by atoms with Gasteiger partial charge < -0.3 is 28.3 Å². The number of rotatable bonds is 13. The molecule has 4 aromatic heterocycles. The summed E-state index contributed by atoms with van der Waals surface area (Å²) in [4.78, 5) is 17.1. The summed E-state index contributed by atoms with van der Waals surface area (Å²) >= 11 is 0. The molecule has 0 fully saturated rings. The Kier molecular flexibility index (Phi) is 15.6. The number of nitrogens with zero attached hydrogens (tertiary/aromatic N) is 5. The first-order valence-electron chi connectivity index (χ1n) is 23.2. The largest absolute Gasteiger partial charge is 0.494 e. The predicted molar refractivity (Wildman–Crippen MR) is 282 cm³/mol. The lowest BCUT2D eigenvalue weighted by Crippen LogP contribution is -2.04. The van der Waals surface area contributed by atoms with Gasteiger partial charge in [-0.3, -0.25) is 0 Å². The standard InChI is InChI=1S/2C22H20N2O.C15H14N2O.CH4/c1-2-25-20-12-10-18(11-13-20)21-15-19-9-6-14-24(22(19)23-21)16-17-7-4-3-5-8-17;1-2-25-20-12-10-18(11-13-20)21-15-19-9-6-14-23-22(19)24(21)16-17-7-4-3-5-8-17;1-2-18-13-7-5-11(6-8-13)14-10-12-4-3-9-16-15(12)17-14;/h2*3-15H,2,16H2,1H3;3-10H,2H2,1H3,(H,16,17);1H4. The van der Waals surface area contributed by atoms with E-state index in [-0.39, 0.29) is 7.43 Å². The molecule has 0 spiro atoms. The summed E-state index contributed by atoms with van der Waals surface area (Å²) in [6, 6.07) is 64.2. The molecule has 11 rings (SSSR count). The first kappa shape index (κ1) is 47.1. The number of H-pyrrole nitrogens is 1. The SMILES string of the molecule is C.CCOc1ccc(-c2cc3cccn(Cc4ccccc4)c-3n2)cc1.CCOc1ccc(-c2cc3cccnc3[nH]2)cc1.CCOc1ccc(-c2cc3cccnc3n2Cc2ccccc2)cc1.